The summed E-state index contributed by atoms with van der Waals surface area (Å²) >= 11 is 3.34. The van der Waals surface area contributed by atoms with Crippen LogP contribution < -0.4 is 10.4 Å². The Labute approximate surface area is 122 Å². The summed E-state index contributed by atoms with van der Waals surface area (Å²) in [4.78, 5) is 10.9. The van der Waals surface area contributed by atoms with E-state index >= 15 is 0 Å². The Bertz CT molecular complexity index is 406. The molecule has 4 nitrogen and oxygen atoms in total. The molecule has 0 bridgehead atoms. The number of nitrogens with two attached hydrogens (primary N) is 1. The van der Waals surface area contributed by atoms with Gasteiger partial charge in [-0.2, -0.15) is 0 Å². The fourth-order valence-corrected chi connectivity index (χ4v) is 2.19. The van der Waals surface area contributed by atoms with Crippen LogP contribution in [0.15, 0.2) is 28.7 Å². The third-order valence-electron chi connectivity index (χ3n) is 3.11. The molecule has 106 valence electrons. The largest absolute Gasteiger partial charge is 0.544 e. The summed E-state index contributed by atoms with van der Waals surface area (Å²) in [5, 5.41) is 22.6. The van der Waals surface area contributed by atoms with Gasteiger partial charge in [-0.15, -0.1) is 0 Å². The normalized spacial score (nSPS) is 14.4. The molecular weight excluding hydrogens is 310 g/mol. The number of aliphatic carboxylic acids is 1. The number of carbonyl (C=O) groups is 1. The van der Waals surface area contributed by atoms with E-state index in [0.29, 0.717) is 13.0 Å². The van der Waals surface area contributed by atoms with Crippen molar-refractivity contribution in [3.05, 3.63) is 34.3 Å². The summed E-state index contributed by atoms with van der Waals surface area (Å²) in [5.41, 5.74) is 0.839. The summed E-state index contributed by atoms with van der Waals surface area (Å²) in [6.45, 7) is 4.25. The molecule has 5 heteroatoms. The summed E-state index contributed by atoms with van der Waals surface area (Å²) in [5.74, 6) is -1.04. The highest BCUT2D eigenvalue weighted by Crippen LogP contribution is 2.18. The molecule has 0 aliphatic heterocycles. The fraction of sp³-hybridized carbons (Fsp3) is 0.500. The van der Waals surface area contributed by atoms with Gasteiger partial charge in [0, 0.05) is 16.8 Å². The minimum Gasteiger partial charge on any atom is -0.544 e. The van der Waals surface area contributed by atoms with Crippen molar-refractivity contribution in [1.82, 2.24) is 0 Å². The first kappa shape index (κ1) is 16.1. The van der Waals surface area contributed by atoms with Crippen molar-refractivity contribution in [2.24, 2.45) is 5.92 Å². The number of quaternary nitrogens is 1. The fourth-order valence-electron chi connectivity index (χ4n) is 1.93. The third kappa shape index (κ3) is 5.30. The summed E-state index contributed by atoms with van der Waals surface area (Å²) in [6.07, 6.45) is -0.0584. The number of aliphatic hydroxyl groups is 1. The highest BCUT2D eigenvalue weighted by Gasteiger charge is 2.18. The van der Waals surface area contributed by atoms with Crippen LogP contribution in [0.1, 0.15) is 31.9 Å². The second kappa shape index (κ2) is 7.62. The van der Waals surface area contributed by atoms with Gasteiger partial charge in [0.05, 0.1) is 18.6 Å². The van der Waals surface area contributed by atoms with Gasteiger partial charge in [-0.3, -0.25) is 0 Å². The van der Waals surface area contributed by atoms with Gasteiger partial charge in [0.1, 0.15) is 6.04 Å². The molecule has 1 aromatic carbocycles. The average Bonchev–Trinajstić information content (AvgIpc) is 2.34. The number of benzene rings is 1. The van der Waals surface area contributed by atoms with E-state index in [0.717, 1.165) is 10.0 Å². The van der Waals surface area contributed by atoms with Gasteiger partial charge in [-0.25, -0.2) is 0 Å². The van der Waals surface area contributed by atoms with Crippen LogP contribution in [0.5, 0.6) is 0 Å². The van der Waals surface area contributed by atoms with Crippen LogP contribution in [0, 0.1) is 5.92 Å². The highest BCUT2D eigenvalue weighted by atomic mass is 79.9. The van der Waals surface area contributed by atoms with Crippen molar-refractivity contribution in [2.45, 2.75) is 32.4 Å². The number of aliphatic hydroxyl groups excluding tert-OH is 1. The minimum absolute atomic E-state index is 0.00910. The van der Waals surface area contributed by atoms with E-state index in [1.54, 1.807) is 5.32 Å². The number of hydrogen-bond acceptors (Lipinski definition) is 3. The molecule has 0 aromatic heterocycles. The standard InChI is InChI=1S/C14H20BrNO3/c1-9(2)13(14(18)19)16-8-7-12(17)10-3-5-11(15)6-4-10/h3-6,9,12-13,16-17H,7-8H2,1-2H3,(H,18,19). The molecular formula is C14H20BrNO3. The average molecular weight is 330 g/mol. The minimum atomic E-state index is -1.05. The molecule has 2 unspecified atom stereocenters. The van der Waals surface area contributed by atoms with Gasteiger partial charge in [0.25, 0.3) is 0 Å². The van der Waals surface area contributed by atoms with E-state index in [-0.39, 0.29) is 5.92 Å². The van der Waals surface area contributed by atoms with Crippen molar-refractivity contribution in [2.75, 3.05) is 6.54 Å². The van der Waals surface area contributed by atoms with E-state index < -0.39 is 18.1 Å². The van der Waals surface area contributed by atoms with Crippen LogP contribution in [-0.4, -0.2) is 23.7 Å². The molecule has 0 fully saturated rings. The van der Waals surface area contributed by atoms with E-state index in [9.17, 15) is 15.0 Å². The molecule has 0 aliphatic rings. The number of rotatable bonds is 7. The lowest BCUT2D eigenvalue weighted by molar-refractivity contribution is -0.690. The Morgan fingerprint density at radius 2 is 1.95 bits per heavy atom. The zero-order chi connectivity index (χ0) is 14.4. The Balaban J connectivity index is 2.44. The summed E-state index contributed by atoms with van der Waals surface area (Å²) < 4.78 is 0.965. The van der Waals surface area contributed by atoms with E-state index in [1.807, 2.05) is 38.1 Å². The molecule has 1 rings (SSSR count). The molecule has 0 amide bonds. The molecule has 3 N–H and O–H groups in total. The molecule has 0 spiro atoms. The predicted octanol–water partition coefficient (Wildman–Crippen LogP) is 0.210. The first-order valence-corrected chi connectivity index (χ1v) is 7.19. The number of carbonyl (C=O) groups excluding carboxylic acids is 1. The van der Waals surface area contributed by atoms with Crippen molar-refractivity contribution in [3.8, 4) is 0 Å². The molecule has 0 heterocycles. The summed E-state index contributed by atoms with van der Waals surface area (Å²) in [7, 11) is 0. The van der Waals surface area contributed by atoms with Crippen molar-refractivity contribution in [1.29, 1.82) is 0 Å². The highest BCUT2D eigenvalue weighted by molar-refractivity contribution is 9.10. The van der Waals surface area contributed by atoms with Crippen LogP contribution in [0.3, 0.4) is 0 Å². The van der Waals surface area contributed by atoms with Crippen LogP contribution in [0.2, 0.25) is 0 Å². The van der Waals surface area contributed by atoms with Crippen LogP contribution in [0.25, 0.3) is 0 Å². The Hall–Kier alpha value is -0.910. The zero-order valence-corrected chi connectivity index (χ0v) is 12.8. The molecule has 0 radical (unpaired) electrons. The number of carboxylic acid groups (broad SMARTS) is 1. The van der Waals surface area contributed by atoms with Gasteiger partial charge in [-0.05, 0) is 17.7 Å². The molecule has 2 atom stereocenters. The lowest BCUT2D eigenvalue weighted by Crippen LogP contribution is -2.94. The van der Waals surface area contributed by atoms with Crippen molar-refractivity contribution in [3.63, 3.8) is 0 Å². The van der Waals surface area contributed by atoms with Gasteiger partial charge in [0.15, 0.2) is 0 Å². The molecule has 19 heavy (non-hydrogen) atoms. The van der Waals surface area contributed by atoms with Gasteiger partial charge in [0.2, 0.25) is 0 Å². The monoisotopic (exact) mass is 329 g/mol. The SMILES string of the molecule is CC(C)C([NH2+]CCC(O)c1ccc(Br)cc1)C(=O)[O-]. The lowest BCUT2D eigenvalue weighted by atomic mass is 10.0. The smallest absolute Gasteiger partial charge is 0.128 e. The number of carboxylic acids is 1. The second-order valence-corrected chi connectivity index (χ2v) is 5.88. The maximum Gasteiger partial charge on any atom is 0.128 e. The number of halogens is 1. The quantitative estimate of drug-likeness (QED) is 0.750. The van der Waals surface area contributed by atoms with Crippen molar-refractivity contribution < 1.29 is 20.3 Å². The molecule has 1 aromatic rings. The van der Waals surface area contributed by atoms with Crippen molar-refractivity contribution >= 4 is 21.9 Å². The maximum atomic E-state index is 10.9. The van der Waals surface area contributed by atoms with Crippen LogP contribution in [0.4, 0.5) is 0 Å². The zero-order valence-electron chi connectivity index (χ0n) is 11.2. The first-order chi connectivity index (χ1) is 8.91. The topological polar surface area (TPSA) is 77.0 Å². The van der Waals surface area contributed by atoms with Gasteiger partial charge in [-0.1, -0.05) is 41.9 Å². The Kier molecular flexibility index (Phi) is 6.48. The summed E-state index contributed by atoms with van der Waals surface area (Å²) in [6, 6.07) is 6.90. The maximum absolute atomic E-state index is 10.9. The van der Waals surface area contributed by atoms with E-state index in [2.05, 4.69) is 15.9 Å². The predicted molar refractivity (Wildman–Crippen MR) is 74.1 cm³/mol. The van der Waals surface area contributed by atoms with Gasteiger partial charge < -0.3 is 20.3 Å². The number of hydrogen-bond donors (Lipinski definition) is 2. The third-order valence-corrected chi connectivity index (χ3v) is 3.63. The van der Waals surface area contributed by atoms with E-state index in [1.165, 1.54) is 0 Å². The Morgan fingerprint density at radius 1 is 1.37 bits per heavy atom. The van der Waals surface area contributed by atoms with Gasteiger partial charge >= 0.3 is 0 Å². The lowest BCUT2D eigenvalue weighted by Gasteiger charge is -2.20. The van der Waals surface area contributed by atoms with Crippen LogP contribution in [-0.2, 0) is 4.79 Å². The molecule has 0 saturated carbocycles. The van der Waals surface area contributed by atoms with E-state index in [4.69, 9.17) is 0 Å². The second-order valence-electron chi connectivity index (χ2n) is 4.97. The first-order valence-electron chi connectivity index (χ1n) is 6.39. The van der Waals surface area contributed by atoms with Crippen LogP contribution >= 0.6 is 15.9 Å². The molecule has 0 aliphatic carbocycles. The Morgan fingerprint density at radius 3 is 2.42 bits per heavy atom. The molecule has 0 saturated heterocycles.